The molecule has 0 saturated heterocycles. The van der Waals surface area contributed by atoms with Gasteiger partial charge in [0.2, 0.25) is 5.91 Å². The topological polar surface area (TPSA) is 56.1 Å². The van der Waals surface area contributed by atoms with E-state index in [1.807, 2.05) is 6.92 Å². The molecule has 0 bridgehead atoms. The van der Waals surface area contributed by atoms with Gasteiger partial charge < -0.3 is 5.32 Å². The number of unbranched alkanes of at least 4 members (excludes halogenated alkanes) is 1. The SMILES string of the molecule is CCCCNC(=O)C(C)N(CCC#N)CC(C)C. The van der Waals surface area contributed by atoms with Gasteiger partial charge in [-0.05, 0) is 19.3 Å². The van der Waals surface area contributed by atoms with Gasteiger partial charge in [-0.2, -0.15) is 5.26 Å². The zero-order valence-corrected chi connectivity index (χ0v) is 12.2. The van der Waals surface area contributed by atoms with E-state index in [4.69, 9.17) is 5.26 Å². The molecule has 104 valence electrons. The van der Waals surface area contributed by atoms with Gasteiger partial charge in [0, 0.05) is 26.1 Å². The highest BCUT2D eigenvalue weighted by Crippen LogP contribution is 2.06. The number of hydrogen-bond acceptors (Lipinski definition) is 3. The smallest absolute Gasteiger partial charge is 0.237 e. The van der Waals surface area contributed by atoms with Gasteiger partial charge in [-0.1, -0.05) is 27.2 Å². The summed E-state index contributed by atoms with van der Waals surface area (Å²) in [6, 6.07) is 1.99. The molecule has 0 aromatic rings. The first-order valence-electron chi connectivity index (χ1n) is 6.91. The Morgan fingerprint density at radius 3 is 2.56 bits per heavy atom. The molecule has 1 atom stereocenters. The molecular weight excluding hydrogens is 226 g/mol. The van der Waals surface area contributed by atoms with Crippen molar-refractivity contribution in [1.82, 2.24) is 10.2 Å². The molecule has 1 unspecified atom stereocenters. The van der Waals surface area contributed by atoms with Crippen molar-refractivity contribution in [3.63, 3.8) is 0 Å². The summed E-state index contributed by atoms with van der Waals surface area (Å²) in [5, 5.41) is 11.6. The Labute approximate surface area is 111 Å². The lowest BCUT2D eigenvalue weighted by molar-refractivity contribution is -0.126. The van der Waals surface area contributed by atoms with Crippen LogP contribution in [0.3, 0.4) is 0 Å². The summed E-state index contributed by atoms with van der Waals surface area (Å²) in [6.45, 7) is 10.5. The molecule has 0 aliphatic rings. The zero-order valence-electron chi connectivity index (χ0n) is 12.2. The minimum Gasteiger partial charge on any atom is -0.355 e. The Morgan fingerprint density at radius 2 is 2.06 bits per heavy atom. The second kappa shape index (κ2) is 9.90. The number of carbonyl (C=O) groups is 1. The molecule has 0 aromatic carbocycles. The van der Waals surface area contributed by atoms with Crippen LogP contribution in [0.25, 0.3) is 0 Å². The fourth-order valence-electron chi connectivity index (χ4n) is 1.81. The molecule has 0 aromatic heterocycles. The average molecular weight is 253 g/mol. The Hall–Kier alpha value is -1.08. The molecule has 1 amide bonds. The number of rotatable bonds is 9. The maximum Gasteiger partial charge on any atom is 0.237 e. The van der Waals surface area contributed by atoms with Crippen molar-refractivity contribution >= 4 is 5.91 Å². The van der Waals surface area contributed by atoms with Crippen LogP contribution in [0.2, 0.25) is 0 Å². The number of hydrogen-bond donors (Lipinski definition) is 1. The van der Waals surface area contributed by atoms with Gasteiger partial charge >= 0.3 is 0 Å². The second-order valence-electron chi connectivity index (χ2n) is 5.12. The highest BCUT2D eigenvalue weighted by molar-refractivity contribution is 5.81. The Morgan fingerprint density at radius 1 is 1.39 bits per heavy atom. The van der Waals surface area contributed by atoms with Gasteiger partial charge in [0.15, 0.2) is 0 Å². The van der Waals surface area contributed by atoms with Crippen molar-refractivity contribution in [2.75, 3.05) is 19.6 Å². The summed E-state index contributed by atoms with van der Waals surface area (Å²) >= 11 is 0. The van der Waals surface area contributed by atoms with Crippen LogP contribution >= 0.6 is 0 Å². The van der Waals surface area contributed by atoms with E-state index in [9.17, 15) is 4.79 Å². The molecule has 0 aliphatic carbocycles. The largest absolute Gasteiger partial charge is 0.355 e. The molecule has 0 saturated carbocycles. The molecule has 0 spiro atoms. The van der Waals surface area contributed by atoms with Crippen molar-refractivity contribution in [2.24, 2.45) is 5.92 Å². The van der Waals surface area contributed by atoms with Crippen molar-refractivity contribution in [2.45, 2.75) is 53.0 Å². The van der Waals surface area contributed by atoms with E-state index in [2.05, 4.69) is 37.1 Å². The summed E-state index contributed by atoms with van der Waals surface area (Å²) in [6.07, 6.45) is 2.57. The quantitative estimate of drug-likeness (QED) is 0.641. The van der Waals surface area contributed by atoms with Crippen LogP contribution in [0.5, 0.6) is 0 Å². The van der Waals surface area contributed by atoms with E-state index < -0.39 is 0 Å². The highest BCUT2D eigenvalue weighted by Gasteiger charge is 2.21. The fraction of sp³-hybridized carbons (Fsp3) is 0.857. The third kappa shape index (κ3) is 7.29. The predicted octanol–water partition coefficient (Wildman–Crippen LogP) is 2.16. The predicted molar refractivity (Wildman–Crippen MR) is 74.0 cm³/mol. The molecule has 1 N–H and O–H groups in total. The van der Waals surface area contributed by atoms with E-state index in [1.165, 1.54) is 0 Å². The van der Waals surface area contributed by atoms with E-state index in [0.717, 1.165) is 25.9 Å². The number of carbonyl (C=O) groups excluding carboxylic acids is 1. The average Bonchev–Trinajstić information content (AvgIpc) is 2.33. The lowest BCUT2D eigenvalue weighted by Crippen LogP contribution is -2.47. The fourth-order valence-corrected chi connectivity index (χ4v) is 1.81. The lowest BCUT2D eigenvalue weighted by atomic mass is 10.1. The van der Waals surface area contributed by atoms with Gasteiger partial charge in [-0.3, -0.25) is 9.69 Å². The first kappa shape index (κ1) is 16.9. The van der Waals surface area contributed by atoms with Gasteiger partial charge in [0.1, 0.15) is 0 Å². The van der Waals surface area contributed by atoms with Crippen molar-refractivity contribution in [3.8, 4) is 6.07 Å². The highest BCUT2D eigenvalue weighted by atomic mass is 16.2. The number of amides is 1. The molecule has 0 aliphatic heterocycles. The number of nitrogens with one attached hydrogen (secondary N) is 1. The van der Waals surface area contributed by atoms with E-state index >= 15 is 0 Å². The molecular formula is C14H27N3O. The van der Waals surface area contributed by atoms with Gasteiger partial charge in [0.25, 0.3) is 0 Å². The molecule has 0 fully saturated rings. The number of nitriles is 1. The molecule has 18 heavy (non-hydrogen) atoms. The maximum atomic E-state index is 12.0. The Balaban J connectivity index is 4.29. The summed E-state index contributed by atoms with van der Waals surface area (Å²) in [5.41, 5.74) is 0. The Kier molecular flexibility index (Phi) is 9.31. The van der Waals surface area contributed by atoms with Crippen LogP contribution in [0.1, 0.15) is 47.0 Å². The maximum absolute atomic E-state index is 12.0. The lowest BCUT2D eigenvalue weighted by Gasteiger charge is -2.29. The summed E-state index contributed by atoms with van der Waals surface area (Å²) < 4.78 is 0. The van der Waals surface area contributed by atoms with Crippen LogP contribution < -0.4 is 5.32 Å². The normalized spacial score (nSPS) is 12.5. The van der Waals surface area contributed by atoms with Gasteiger partial charge in [-0.25, -0.2) is 0 Å². The molecule has 0 rings (SSSR count). The summed E-state index contributed by atoms with van der Waals surface area (Å²) in [5.74, 6) is 0.566. The third-order valence-corrected chi connectivity index (χ3v) is 2.87. The van der Waals surface area contributed by atoms with Gasteiger partial charge in [0.05, 0.1) is 12.1 Å². The van der Waals surface area contributed by atoms with Crippen LogP contribution in [0.4, 0.5) is 0 Å². The standard InChI is InChI=1S/C14H27N3O/c1-5-6-9-16-14(18)13(4)17(10-7-8-15)11-12(2)3/h12-13H,5-7,9-11H2,1-4H3,(H,16,18). The van der Waals surface area contributed by atoms with Crippen LogP contribution in [-0.2, 0) is 4.79 Å². The first-order chi connectivity index (χ1) is 8.52. The van der Waals surface area contributed by atoms with Crippen molar-refractivity contribution < 1.29 is 4.79 Å². The second-order valence-corrected chi connectivity index (χ2v) is 5.12. The van der Waals surface area contributed by atoms with E-state index in [0.29, 0.717) is 18.9 Å². The van der Waals surface area contributed by atoms with E-state index in [1.54, 1.807) is 0 Å². The molecule has 4 heteroatoms. The first-order valence-corrected chi connectivity index (χ1v) is 6.91. The summed E-state index contributed by atoms with van der Waals surface area (Å²) in [7, 11) is 0. The van der Waals surface area contributed by atoms with E-state index in [-0.39, 0.29) is 11.9 Å². The van der Waals surface area contributed by atoms with Crippen LogP contribution in [-0.4, -0.2) is 36.5 Å². The molecule has 0 radical (unpaired) electrons. The van der Waals surface area contributed by atoms with Crippen molar-refractivity contribution in [1.29, 1.82) is 5.26 Å². The minimum absolute atomic E-state index is 0.0713. The van der Waals surface area contributed by atoms with Crippen molar-refractivity contribution in [3.05, 3.63) is 0 Å². The van der Waals surface area contributed by atoms with Crippen LogP contribution in [0.15, 0.2) is 0 Å². The molecule has 0 heterocycles. The van der Waals surface area contributed by atoms with Crippen LogP contribution in [0, 0.1) is 17.2 Å². The zero-order chi connectivity index (χ0) is 14.0. The van der Waals surface area contributed by atoms with Gasteiger partial charge in [-0.15, -0.1) is 0 Å². The number of nitrogens with zero attached hydrogens (tertiary/aromatic N) is 2. The minimum atomic E-state index is -0.155. The molecule has 4 nitrogen and oxygen atoms in total. The summed E-state index contributed by atoms with van der Waals surface area (Å²) in [4.78, 5) is 14.1. The monoisotopic (exact) mass is 253 g/mol. The third-order valence-electron chi connectivity index (χ3n) is 2.87. The Bertz CT molecular complexity index is 271.